The van der Waals surface area contributed by atoms with Gasteiger partial charge in [0.1, 0.15) is 11.0 Å². The summed E-state index contributed by atoms with van der Waals surface area (Å²) in [5, 5.41) is 11.3. The molecule has 1 atom stereocenters. The van der Waals surface area contributed by atoms with Crippen LogP contribution in [-0.4, -0.2) is 34.9 Å². The van der Waals surface area contributed by atoms with E-state index in [0.717, 1.165) is 0 Å². The minimum Gasteiger partial charge on any atom is -0.506 e. The number of aromatic hydroxyl groups is 1. The van der Waals surface area contributed by atoms with Crippen molar-refractivity contribution in [2.75, 3.05) is 0 Å². The fourth-order valence-corrected chi connectivity index (χ4v) is 2.88. The number of aromatic nitrogens is 1. The molecule has 6 N–H and O–H groups in total. The van der Waals surface area contributed by atoms with Crippen LogP contribution in [0.3, 0.4) is 0 Å². The predicted molar refractivity (Wildman–Crippen MR) is 85.1 cm³/mol. The summed E-state index contributed by atoms with van der Waals surface area (Å²) in [6, 6.07) is 0. The number of phosphoric acid groups is 1. The lowest BCUT2D eigenvalue weighted by Crippen LogP contribution is -2.41. The number of rotatable bonds is 8. The molecule has 0 spiro atoms. The second-order valence-electron chi connectivity index (χ2n) is 5.49. The van der Waals surface area contributed by atoms with Crippen molar-refractivity contribution in [1.29, 1.82) is 0 Å². The molecule has 0 unspecified atom stereocenters. The van der Waals surface area contributed by atoms with E-state index in [9.17, 15) is 24.0 Å². The highest BCUT2D eigenvalue weighted by atomic mass is 31.2. The van der Waals surface area contributed by atoms with Crippen LogP contribution in [0.5, 0.6) is 5.75 Å². The summed E-state index contributed by atoms with van der Waals surface area (Å²) in [5.41, 5.74) is 0.656. The molecule has 0 aliphatic heterocycles. The normalized spacial score (nSPS) is 15.3. The summed E-state index contributed by atoms with van der Waals surface area (Å²) in [6.07, 6.45) is 1.40. The summed E-state index contributed by atoms with van der Waals surface area (Å²) >= 11 is 0. The number of hydrogen-bond acceptors (Lipinski definition) is 6. The third kappa shape index (κ3) is 5.34. The Hall–Kier alpha value is -0.830. The van der Waals surface area contributed by atoms with Crippen LogP contribution in [0, 0.1) is 6.92 Å². The Bertz CT molecular complexity index is 686. The van der Waals surface area contributed by atoms with Crippen molar-refractivity contribution in [3.8, 4) is 5.75 Å². The molecule has 0 aliphatic carbocycles. The van der Waals surface area contributed by atoms with Crippen molar-refractivity contribution >= 4 is 15.4 Å². The standard InChI is InChI=1S/C12H22N2O8P2/c1-4-12(3,23(16,17)18)14-6-10-9(7-22-24(19,20)21)5-13-8(2)11(10)15/h5,14-15H,4,6-7H2,1-3H3,(H2,16,17,18)(H2,19,20,21)/t12-/m1/s1. The first-order valence-corrected chi connectivity index (χ1v) is 10.1. The SMILES string of the molecule is CC[C@](C)(NCc1c(COP(=O)(O)O)cnc(C)c1O)P(=O)(O)O. The monoisotopic (exact) mass is 384 g/mol. The molecule has 1 aromatic rings. The van der Waals surface area contributed by atoms with Crippen LogP contribution in [0.2, 0.25) is 0 Å². The van der Waals surface area contributed by atoms with Gasteiger partial charge in [-0.25, -0.2) is 4.57 Å². The first-order valence-electron chi connectivity index (χ1n) is 6.98. The Morgan fingerprint density at radius 3 is 2.33 bits per heavy atom. The van der Waals surface area contributed by atoms with E-state index >= 15 is 0 Å². The van der Waals surface area contributed by atoms with E-state index in [2.05, 4.69) is 14.8 Å². The van der Waals surface area contributed by atoms with Crippen molar-refractivity contribution in [1.82, 2.24) is 10.3 Å². The molecule has 0 fully saturated rings. The Morgan fingerprint density at radius 2 is 1.88 bits per heavy atom. The van der Waals surface area contributed by atoms with Gasteiger partial charge >= 0.3 is 15.4 Å². The molecule has 0 bridgehead atoms. The maximum atomic E-state index is 11.6. The van der Waals surface area contributed by atoms with E-state index in [1.54, 1.807) is 6.92 Å². The molecule has 0 saturated heterocycles. The number of nitrogens with one attached hydrogen (secondary N) is 1. The summed E-state index contributed by atoms with van der Waals surface area (Å²) in [4.78, 5) is 40.4. The molecule has 0 amide bonds. The summed E-state index contributed by atoms with van der Waals surface area (Å²) in [6.45, 7) is 3.81. The highest BCUT2D eigenvalue weighted by Gasteiger charge is 2.40. The molecule has 0 aliphatic rings. The maximum absolute atomic E-state index is 11.6. The van der Waals surface area contributed by atoms with Gasteiger partial charge in [-0.2, -0.15) is 0 Å². The van der Waals surface area contributed by atoms with Gasteiger partial charge in [-0.15, -0.1) is 0 Å². The average Bonchev–Trinajstić information content (AvgIpc) is 2.45. The zero-order valence-corrected chi connectivity index (χ0v) is 15.3. The lowest BCUT2D eigenvalue weighted by atomic mass is 10.1. The van der Waals surface area contributed by atoms with Crippen LogP contribution >= 0.6 is 15.4 Å². The molecule has 1 heterocycles. The van der Waals surface area contributed by atoms with E-state index in [1.807, 2.05) is 0 Å². The van der Waals surface area contributed by atoms with Crippen LogP contribution in [-0.2, 0) is 26.8 Å². The quantitative estimate of drug-likeness (QED) is 0.357. The van der Waals surface area contributed by atoms with E-state index in [4.69, 9.17) is 9.79 Å². The molecule has 1 rings (SSSR count). The largest absolute Gasteiger partial charge is 0.506 e. The minimum absolute atomic E-state index is 0.121. The van der Waals surface area contributed by atoms with Gasteiger partial charge in [0.15, 0.2) is 0 Å². The summed E-state index contributed by atoms with van der Waals surface area (Å²) in [7, 11) is -9.19. The van der Waals surface area contributed by atoms with Gasteiger partial charge < -0.3 is 24.7 Å². The van der Waals surface area contributed by atoms with Gasteiger partial charge in [0.25, 0.3) is 0 Å². The smallest absolute Gasteiger partial charge is 0.469 e. The molecule has 0 radical (unpaired) electrons. The molecular weight excluding hydrogens is 362 g/mol. The Labute approximate surface area is 139 Å². The van der Waals surface area contributed by atoms with Gasteiger partial charge in [-0.05, 0) is 20.3 Å². The van der Waals surface area contributed by atoms with E-state index in [0.29, 0.717) is 0 Å². The topological polar surface area (TPSA) is 169 Å². The molecule has 1 aromatic heterocycles. The highest BCUT2D eigenvalue weighted by Crippen LogP contribution is 2.50. The Morgan fingerprint density at radius 1 is 1.29 bits per heavy atom. The summed E-state index contributed by atoms with van der Waals surface area (Å²) in [5.74, 6) is -0.238. The molecule has 24 heavy (non-hydrogen) atoms. The van der Waals surface area contributed by atoms with Crippen LogP contribution < -0.4 is 5.32 Å². The number of hydrogen-bond donors (Lipinski definition) is 6. The van der Waals surface area contributed by atoms with Crippen molar-refractivity contribution in [3.05, 3.63) is 23.0 Å². The molecular formula is C12H22N2O8P2. The summed E-state index contributed by atoms with van der Waals surface area (Å²) < 4.78 is 26.9. The van der Waals surface area contributed by atoms with Crippen LogP contribution in [0.4, 0.5) is 0 Å². The second-order valence-corrected chi connectivity index (χ2v) is 8.80. The average molecular weight is 384 g/mol. The first-order chi connectivity index (χ1) is 10.8. The lowest BCUT2D eigenvalue weighted by molar-refractivity contribution is 0.188. The van der Waals surface area contributed by atoms with Crippen LogP contribution in [0.25, 0.3) is 0 Å². The minimum atomic E-state index is -4.72. The number of phosphoric ester groups is 1. The molecule has 10 nitrogen and oxygen atoms in total. The predicted octanol–water partition coefficient (Wildman–Crippen LogP) is 1.10. The zero-order valence-electron chi connectivity index (χ0n) is 13.5. The van der Waals surface area contributed by atoms with E-state index < -0.39 is 27.3 Å². The molecule has 0 saturated carbocycles. The third-order valence-electron chi connectivity index (χ3n) is 3.80. The molecule has 0 aromatic carbocycles. The fourth-order valence-electron chi connectivity index (χ4n) is 1.87. The molecule has 12 heteroatoms. The number of pyridine rings is 1. The van der Waals surface area contributed by atoms with E-state index in [1.165, 1.54) is 20.0 Å². The Balaban J connectivity index is 3.11. The molecule has 138 valence electrons. The van der Waals surface area contributed by atoms with Gasteiger partial charge in [0.05, 0.1) is 12.3 Å². The van der Waals surface area contributed by atoms with Gasteiger partial charge in [-0.1, -0.05) is 6.92 Å². The van der Waals surface area contributed by atoms with Crippen LogP contribution in [0.15, 0.2) is 6.20 Å². The lowest BCUT2D eigenvalue weighted by Gasteiger charge is -2.31. The third-order valence-corrected chi connectivity index (χ3v) is 6.02. The first kappa shape index (κ1) is 21.2. The van der Waals surface area contributed by atoms with Crippen molar-refractivity contribution < 1.29 is 38.3 Å². The van der Waals surface area contributed by atoms with Gasteiger partial charge in [0, 0.05) is 23.9 Å². The van der Waals surface area contributed by atoms with E-state index in [-0.39, 0.29) is 35.5 Å². The van der Waals surface area contributed by atoms with Crippen molar-refractivity contribution in [2.24, 2.45) is 0 Å². The fraction of sp³-hybridized carbons (Fsp3) is 0.583. The van der Waals surface area contributed by atoms with Crippen molar-refractivity contribution in [2.45, 2.75) is 45.6 Å². The highest BCUT2D eigenvalue weighted by molar-refractivity contribution is 7.53. The second kappa shape index (κ2) is 7.59. The maximum Gasteiger partial charge on any atom is 0.469 e. The zero-order chi connectivity index (χ0) is 18.8. The van der Waals surface area contributed by atoms with Crippen molar-refractivity contribution in [3.63, 3.8) is 0 Å². The number of aryl methyl sites for hydroxylation is 1. The van der Waals surface area contributed by atoms with Crippen LogP contribution in [0.1, 0.15) is 37.1 Å². The van der Waals surface area contributed by atoms with Gasteiger partial charge in [0.2, 0.25) is 0 Å². The van der Waals surface area contributed by atoms with Gasteiger partial charge in [-0.3, -0.25) is 19.4 Å². The number of nitrogens with zero attached hydrogens (tertiary/aromatic N) is 1. The Kier molecular flexibility index (Phi) is 6.71.